The van der Waals surface area contributed by atoms with Crippen molar-refractivity contribution < 1.29 is 27.4 Å². The van der Waals surface area contributed by atoms with Crippen LogP contribution in [0.4, 0.5) is 13.2 Å². The maximum Gasteiger partial charge on any atom is 0.432 e. The Morgan fingerprint density at radius 3 is 1.97 bits per heavy atom. The quantitative estimate of drug-likeness (QED) is 0.437. The summed E-state index contributed by atoms with van der Waals surface area (Å²) in [6, 6.07) is 24.2. The number of benzene rings is 3. The summed E-state index contributed by atoms with van der Waals surface area (Å²) >= 11 is 0. The molecule has 32 heavy (non-hydrogen) atoms. The highest BCUT2D eigenvalue weighted by molar-refractivity contribution is 5.83. The van der Waals surface area contributed by atoms with Gasteiger partial charge in [0, 0.05) is 18.6 Å². The molecule has 3 nitrogen and oxygen atoms in total. The molecule has 0 aliphatic heterocycles. The molecule has 6 heteroatoms. The zero-order chi connectivity index (χ0) is 22.8. The van der Waals surface area contributed by atoms with Gasteiger partial charge in [-0.2, -0.15) is 13.2 Å². The van der Waals surface area contributed by atoms with E-state index in [9.17, 15) is 18.0 Å². The molecule has 3 aromatic carbocycles. The van der Waals surface area contributed by atoms with E-state index in [0.717, 1.165) is 23.8 Å². The van der Waals surface area contributed by atoms with Gasteiger partial charge in [0.2, 0.25) is 0 Å². The van der Waals surface area contributed by atoms with Crippen LogP contribution in [0.25, 0.3) is 0 Å². The lowest BCUT2D eigenvalue weighted by atomic mass is 9.77. The van der Waals surface area contributed by atoms with Crippen molar-refractivity contribution in [2.75, 3.05) is 7.11 Å². The third-order valence-electron chi connectivity index (χ3n) is 6.06. The molecule has 0 aromatic heterocycles. The average Bonchev–Trinajstić information content (AvgIpc) is 2.80. The van der Waals surface area contributed by atoms with E-state index >= 15 is 0 Å². The number of esters is 1. The van der Waals surface area contributed by atoms with Crippen molar-refractivity contribution in [1.29, 1.82) is 0 Å². The molecule has 0 N–H and O–H groups in total. The second-order valence-corrected chi connectivity index (χ2v) is 7.81. The van der Waals surface area contributed by atoms with Gasteiger partial charge in [-0.3, -0.25) is 0 Å². The first-order valence-corrected chi connectivity index (χ1v) is 10.4. The molecule has 0 fully saturated rings. The third kappa shape index (κ3) is 3.79. The van der Waals surface area contributed by atoms with Crippen LogP contribution in [0.15, 0.2) is 84.9 Å². The molecule has 0 amide bonds. The summed E-state index contributed by atoms with van der Waals surface area (Å²) in [4.78, 5) is 13.1. The molecular weight excluding hydrogens is 417 g/mol. The van der Waals surface area contributed by atoms with Crippen molar-refractivity contribution in [2.24, 2.45) is 0 Å². The molecule has 1 aliphatic carbocycles. The van der Waals surface area contributed by atoms with E-state index in [1.165, 1.54) is 24.3 Å². The molecule has 0 saturated heterocycles. The van der Waals surface area contributed by atoms with Gasteiger partial charge in [-0.25, -0.2) is 4.79 Å². The van der Waals surface area contributed by atoms with E-state index in [1.54, 1.807) is 12.1 Å². The number of fused-ring (bicyclic) bond motifs is 1. The second kappa shape index (κ2) is 8.79. The summed E-state index contributed by atoms with van der Waals surface area (Å²) < 4.78 is 53.1. The van der Waals surface area contributed by atoms with Crippen LogP contribution in [-0.2, 0) is 19.9 Å². The van der Waals surface area contributed by atoms with Crippen LogP contribution >= 0.6 is 0 Å². The van der Waals surface area contributed by atoms with Crippen LogP contribution in [0.2, 0.25) is 0 Å². The first-order chi connectivity index (χ1) is 15.4. The number of rotatable bonds is 5. The van der Waals surface area contributed by atoms with E-state index in [2.05, 4.69) is 0 Å². The van der Waals surface area contributed by atoms with Crippen LogP contribution in [0, 0.1) is 0 Å². The zero-order valence-electron chi connectivity index (χ0n) is 17.5. The van der Waals surface area contributed by atoms with Gasteiger partial charge in [-0.05, 0) is 29.5 Å². The van der Waals surface area contributed by atoms with Gasteiger partial charge in [0.15, 0.2) is 0 Å². The fraction of sp³-hybridized carbons (Fsp3) is 0.269. The van der Waals surface area contributed by atoms with Gasteiger partial charge in [0.05, 0.1) is 0 Å². The van der Waals surface area contributed by atoms with Crippen molar-refractivity contribution in [3.05, 3.63) is 107 Å². The molecule has 0 bridgehead atoms. The third-order valence-corrected chi connectivity index (χ3v) is 6.06. The number of hydrogen-bond donors (Lipinski definition) is 0. The number of carbonyl (C=O) groups is 1. The van der Waals surface area contributed by atoms with E-state index in [4.69, 9.17) is 9.47 Å². The highest BCUT2D eigenvalue weighted by atomic mass is 19.4. The second-order valence-electron chi connectivity index (χ2n) is 7.81. The number of methoxy groups -OCH3 is 1. The van der Waals surface area contributed by atoms with Gasteiger partial charge >= 0.3 is 12.1 Å². The smallest absolute Gasteiger partial charge is 0.432 e. The predicted octanol–water partition coefficient (Wildman–Crippen LogP) is 6.30. The average molecular weight is 440 g/mol. The Balaban J connectivity index is 1.69. The molecule has 0 radical (unpaired) electrons. The first-order valence-electron chi connectivity index (χ1n) is 10.4. The molecule has 0 saturated carbocycles. The van der Waals surface area contributed by atoms with E-state index in [1.807, 2.05) is 48.5 Å². The van der Waals surface area contributed by atoms with Crippen molar-refractivity contribution in [1.82, 2.24) is 0 Å². The fourth-order valence-corrected chi connectivity index (χ4v) is 4.50. The van der Waals surface area contributed by atoms with Crippen molar-refractivity contribution in [3.63, 3.8) is 0 Å². The van der Waals surface area contributed by atoms with Crippen molar-refractivity contribution >= 4 is 5.97 Å². The molecule has 4 rings (SSSR count). The largest absolute Gasteiger partial charge is 0.455 e. The normalized spacial score (nSPS) is 20.1. The summed E-state index contributed by atoms with van der Waals surface area (Å²) in [6.07, 6.45) is -4.73. The van der Waals surface area contributed by atoms with Gasteiger partial charge in [0.25, 0.3) is 5.60 Å². The van der Waals surface area contributed by atoms with Crippen LogP contribution in [0.3, 0.4) is 0 Å². The molecule has 3 atom stereocenters. The molecular formula is C26H23F3O3. The van der Waals surface area contributed by atoms with Crippen molar-refractivity contribution in [3.8, 4) is 0 Å². The number of carbonyl (C=O) groups excluding carboxylic acids is 1. The summed E-state index contributed by atoms with van der Waals surface area (Å²) in [5.74, 6) is -1.37. The minimum absolute atomic E-state index is 0.0891. The Morgan fingerprint density at radius 2 is 1.38 bits per heavy atom. The summed E-state index contributed by atoms with van der Waals surface area (Å²) in [5.41, 5.74) is -0.708. The molecule has 1 aliphatic rings. The Bertz CT molecular complexity index is 1070. The van der Waals surface area contributed by atoms with E-state index in [-0.39, 0.29) is 11.5 Å². The van der Waals surface area contributed by atoms with Gasteiger partial charge in [-0.1, -0.05) is 84.9 Å². The van der Waals surface area contributed by atoms with Crippen LogP contribution in [0.1, 0.15) is 47.1 Å². The lowest BCUT2D eigenvalue weighted by Crippen LogP contribution is -2.52. The van der Waals surface area contributed by atoms with Crippen LogP contribution < -0.4 is 0 Å². The monoisotopic (exact) mass is 440 g/mol. The van der Waals surface area contributed by atoms with Gasteiger partial charge in [0.1, 0.15) is 6.10 Å². The lowest BCUT2D eigenvalue weighted by Gasteiger charge is -2.36. The van der Waals surface area contributed by atoms with E-state index < -0.39 is 23.9 Å². The number of ether oxygens (including phenoxy) is 2. The molecule has 0 unspecified atom stereocenters. The number of hydrogen-bond acceptors (Lipinski definition) is 3. The number of alkyl halides is 3. The molecule has 0 spiro atoms. The Morgan fingerprint density at radius 1 is 0.812 bits per heavy atom. The SMILES string of the molecule is CO[C@@](C(=O)O[C@H]1CC[C@@H](c2ccccc2)c2ccccc21)(c1ccccc1)C(F)(F)F. The van der Waals surface area contributed by atoms with Gasteiger partial charge in [-0.15, -0.1) is 0 Å². The summed E-state index contributed by atoms with van der Waals surface area (Å²) in [7, 11) is 0.877. The Labute approximate surface area is 184 Å². The topological polar surface area (TPSA) is 35.5 Å². The highest BCUT2D eigenvalue weighted by Gasteiger charge is 2.64. The molecule has 3 aromatic rings. The first kappa shape index (κ1) is 22.1. The fourth-order valence-electron chi connectivity index (χ4n) is 4.50. The molecule has 166 valence electrons. The van der Waals surface area contributed by atoms with E-state index in [0.29, 0.717) is 12.8 Å². The number of halogens is 3. The maximum absolute atomic E-state index is 14.2. The Kier molecular flexibility index (Phi) is 6.07. The highest BCUT2D eigenvalue weighted by Crippen LogP contribution is 2.47. The minimum atomic E-state index is -5.00. The van der Waals surface area contributed by atoms with Crippen molar-refractivity contribution in [2.45, 2.75) is 36.6 Å². The van der Waals surface area contributed by atoms with Crippen LogP contribution in [-0.4, -0.2) is 19.3 Å². The Hall–Kier alpha value is -3.12. The predicted molar refractivity (Wildman–Crippen MR) is 114 cm³/mol. The summed E-state index contributed by atoms with van der Waals surface area (Å²) in [5, 5.41) is 0. The summed E-state index contributed by atoms with van der Waals surface area (Å²) in [6.45, 7) is 0. The standard InChI is InChI=1S/C26H23F3O3/c1-31-25(26(27,28)29,19-12-6-3-7-13-19)24(30)32-23-17-16-20(18-10-4-2-5-11-18)21-14-8-9-15-22(21)23/h2-15,20,23H,16-17H2,1H3/t20-,23-,25+/m0/s1. The van der Waals surface area contributed by atoms with Gasteiger partial charge < -0.3 is 9.47 Å². The lowest BCUT2D eigenvalue weighted by molar-refractivity contribution is -0.278. The minimum Gasteiger partial charge on any atom is -0.455 e. The zero-order valence-corrected chi connectivity index (χ0v) is 17.5. The van der Waals surface area contributed by atoms with Crippen LogP contribution in [0.5, 0.6) is 0 Å². The maximum atomic E-state index is 14.2. The molecule has 0 heterocycles.